The fourth-order valence-corrected chi connectivity index (χ4v) is 5.43. The predicted molar refractivity (Wildman–Crippen MR) is 108 cm³/mol. The van der Waals surface area contributed by atoms with Crippen molar-refractivity contribution in [3.05, 3.63) is 65.5 Å². The van der Waals surface area contributed by atoms with Crippen LogP contribution in [0.15, 0.2) is 48.5 Å². The van der Waals surface area contributed by atoms with Crippen LogP contribution in [0.4, 0.5) is 0 Å². The number of nitrogens with zero attached hydrogens (tertiary/aromatic N) is 2. The van der Waals surface area contributed by atoms with E-state index in [4.69, 9.17) is 0 Å². The summed E-state index contributed by atoms with van der Waals surface area (Å²) in [6.45, 7) is 2.03. The first-order valence-corrected chi connectivity index (χ1v) is 10.0. The topological polar surface area (TPSA) is 69.2 Å². The minimum Gasteiger partial charge on any atom is -0.396 e. The van der Waals surface area contributed by atoms with Crippen molar-refractivity contribution in [1.82, 2.24) is 14.9 Å². The maximum absolute atomic E-state index is 13.4. The lowest BCUT2D eigenvalue weighted by Crippen LogP contribution is -2.43. The predicted octanol–water partition coefficient (Wildman–Crippen LogP) is 3.47. The Bertz CT molecular complexity index is 1030. The number of aliphatic hydroxyl groups excluding tert-OH is 1. The highest BCUT2D eigenvalue weighted by Gasteiger charge is 2.57. The van der Waals surface area contributed by atoms with Crippen molar-refractivity contribution in [2.24, 2.45) is 5.41 Å². The van der Waals surface area contributed by atoms with Crippen molar-refractivity contribution in [2.45, 2.75) is 44.7 Å². The number of amides is 1. The second-order valence-corrected chi connectivity index (χ2v) is 8.40. The highest BCUT2D eigenvalue weighted by molar-refractivity contribution is 5.98. The van der Waals surface area contributed by atoms with Crippen LogP contribution in [0.25, 0.3) is 11.0 Å². The van der Waals surface area contributed by atoms with Gasteiger partial charge in [0.1, 0.15) is 5.82 Å². The molecule has 5 nitrogen and oxygen atoms in total. The Hall–Kier alpha value is -2.66. The molecule has 2 aliphatic heterocycles. The number of carbonyl (C=O) groups is 1. The molecule has 2 N–H and O–H groups in total. The van der Waals surface area contributed by atoms with E-state index in [0.29, 0.717) is 5.56 Å². The zero-order valence-corrected chi connectivity index (χ0v) is 16.1. The molecule has 2 bridgehead atoms. The van der Waals surface area contributed by atoms with Crippen LogP contribution in [0.3, 0.4) is 0 Å². The molecule has 3 heterocycles. The van der Waals surface area contributed by atoms with Gasteiger partial charge in [-0.3, -0.25) is 4.79 Å². The number of H-pyrrole nitrogens is 1. The van der Waals surface area contributed by atoms with E-state index >= 15 is 0 Å². The SMILES string of the molecule is Cc1nc2ccc(C(=O)N3[C@H]4CC[C@@H]3[C@@](CO)(Cc3ccccc3)C4)cc2[nH]1. The number of hydrogen-bond acceptors (Lipinski definition) is 3. The number of fused-ring (bicyclic) bond motifs is 3. The first-order valence-electron chi connectivity index (χ1n) is 10.0. The van der Waals surface area contributed by atoms with E-state index in [1.807, 2.05) is 43.3 Å². The molecule has 3 atom stereocenters. The van der Waals surface area contributed by atoms with Crippen molar-refractivity contribution < 1.29 is 9.90 Å². The maximum atomic E-state index is 13.4. The molecule has 2 aromatic carbocycles. The number of aliphatic hydroxyl groups is 1. The molecular formula is C23H25N3O2. The molecule has 1 amide bonds. The molecule has 0 spiro atoms. The van der Waals surface area contributed by atoms with E-state index in [0.717, 1.165) is 42.5 Å². The van der Waals surface area contributed by atoms with E-state index in [2.05, 4.69) is 27.0 Å². The molecule has 144 valence electrons. The van der Waals surface area contributed by atoms with Crippen LogP contribution in [0.5, 0.6) is 0 Å². The fraction of sp³-hybridized carbons (Fsp3) is 0.391. The lowest BCUT2D eigenvalue weighted by Gasteiger charge is -2.36. The number of imidazole rings is 1. The highest BCUT2D eigenvalue weighted by atomic mass is 16.3. The maximum Gasteiger partial charge on any atom is 0.254 e. The summed E-state index contributed by atoms with van der Waals surface area (Å²) in [5.41, 5.74) is 3.46. The van der Waals surface area contributed by atoms with Crippen molar-refractivity contribution in [3.8, 4) is 0 Å². The van der Waals surface area contributed by atoms with Gasteiger partial charge in [0.05, 0.1) is 17.6 Å². The molecule has 5 rings (SSSR count). The van der Waals surface area contributed by atoms with Crippen LogP contribution in [0, 0.1) is 12.3 Å². The van der Waals surface area contributed by atoms with Crippen LogP contribution in [0.1, 0.15) is 41.0 Å². The van der Waals surface area contributed by atoms with Gasteiger partial charge in [0.15, 0.2) is 0 Å². The summed E-state index contributed by atoms with van der Waals surface area (Å²) in [5.74, 6) is 0.924. The lowest BCUT2D eigenvalue weighted by atomic mass is 9.70. The zero-order valence-electron chi connectivity index (χ0n) is 16.1. The van der Waals surface area contributed by atoms with Gasteiger partial charge in [0.25, 0.3) is 5.91 Å². The van der Waals surface area contributed by atoms with E-state index in [1.54, 1.807) is 0 Å². The average Bonchev–Trinajstić information content (AvgIpc) is 3.37. The molecule has 2 fully saturated rings. The first kappa shape index (κ1) is 17.4. The Balaban J connectivity index is 1.46. The molecule has 0 saturated carbocycles. The molecule has 0 unspecified atom stereocenters. The van der Waals surface area contributed by atoms with Gasteiger partial charge in [0.2, 0.25) is 0 Å². The van der Waals surface area contributed by atoms with E-state index < -0.39 is 0 Å². The van der Waals surface area contributed by atoms with Crippen LogP contribution in [-0.4, -0.2) is 44.6 Å². The fourth-order valence-electron chi connectivity index (χ4n) is 5.43. The summed E-state index contributed by atoms with van der Waals surface area (Å²) < 4.78 is 0. The molecule has 0 radical (unpaired) electrons. The number of aromatic amines is 1. The monoisotopic (exact) mass is 375 g/mol. The molecule has 2 saturated heterocycles. The summed E-state index contributed by atoms with van der Waals surface area (Å²) >= 11 is 0. The zero-order chi connectivity index (χ0) is 19.3. The van der Waals surface area contributed by atoms with Gasteiger partial charge in [-0.15, -0.1) is 0 Å². The third-order valence-electron chi connectivity index (χ3n) is 6.65. The molecule has 2 aliphatic rings. The van der Waals surface area contributed by atoms with Gasteiger partial charge in [-0.1, -0.05) is 30.3 Å². The van der Waals surface area contributed by atoms with Gasteiger partial charge < -0.3 is 15.0 Å². The number of rotatable bonds is 4. The molecule has 1 aromatic heterocycles. The van der Waals surface area contributed by atoms with E-state index in [-0.39, 0.29) is 30.0 Å². The Kier molecular flexibility index (Phi) is 4.02. The Morgan fingerprint density at radius 3 is 2.86 bits per heavy atom. The number of nitrogens with one attached hydrogen (secondary N) is 1. The van der Waals surface area contributed by atoms with Gasteiger partial charge in [-0.25, -0.2) is 4.98 Å². The molecular weight excluding hydrogens is 350 g/mol. The molecule has 28 heavy (non-hydrogen) atoms. The van der Waals surface area contributed by atoms with Crippen molar-refractivity contribution in [1.29, 1.82) is 0 Å². The Morgan fingerprint density at radius 2 is 2.07 bits per heavy atom. The number of hydrogen-bond donors (Lipinski definition) is 2. The minimum atomic E-state index is -0.241. The van der Waals surface area contributed by atoms with Crippen LogP contribution in [0.2, 0.25) is 0 Å². The lowest BCUT2D eigenvalue weighted by molar-refractivity contribution is 0.0571. The Labute approximate surface area is 164 Å². The van der Waals surface area contributed by atoms with Crippen LogP contribution in [-0.2, 0) is 6.42 Å². The largest absolute Gasteiger partial charge is 0.396 e. The van der Waals surface area contributed by atoms with Gasteiger partial charge in [-0.2, -0.15) is 0 Å². The summed E-state index contributed by atoms with van der Waals surface area (Å²) in [4.78, 5) is 23.1. The number of benzene rings is 2. The van der Waals surface area contributed by atoms with E-state index in [1.165, 1.54) is 5.56 Å². The van der Waals surface area contributed by atoms with Crippen molar-refractivity contribution in [2.75, 3.05) is 6.61 Å². The van der Waals surface area contributed by atoms with Gasteiger partial charge in [0, 0.05) is 23.1 Å². The average molecular weight is 375 g/mol. The summed E-state index contributed by atoms with van der Waals surface area (Å²) in [6, 6.07) is 16.3. The smallest absolute Gasteiger partial charge is 0.254 e. The number of aryl methyl sites for hydroxylation is 1. The van der Waals surface area contributed by atoms with Crippen LogP contribution >= 0.6 is 0 Å². The Morgan fingerprint density at radius 1 is 1.25 bits per heavy atom. The van der Waals surface area contributed by atoms with Gasteiger partial charge >= 0.3 is 0 Å². The molecule has 0 aliphatic carbocycles. The van der Waals surface area contributed by atoms with Crippen molar-refractivity contribution >= 4 is 16.9 Å². The molecule has 5 heteroatoms. The normalized spacial score (nSPS) is 26.3. The highest BCUT2D eigenvalue weighted by Crippen LogP contribution is 2.51. The molecule has 3 aromatic rings. The summed E-state index contributed by atoms with van der Waals surface area (Å²) in [7, 11) is 0. The summed E-state index contributed by atoms with van der Waals surface area (Å²) in [6.07, 6.45) is 3.68. The van der Waals surface area contributed by atoms with E-state index in [9.17, 15) is 9.90 Å². The third-order valence-corrected chi connectivity index (χ3v) is 6.65. The summed E-state index contributed by atoms with van der Waals surface area (Å²) in [5, 5.41) is 10.4. The van der Waals surface area contributed by atoms with Crippen molar-refractivity contribution in [3.63, 3.8) is 0 Å². The number of carbonyl (C=O) groups excluding carboxylic acids is 1. The first-order chi connectivity index (χ1) is 13.6. The second kappa shape index (κ2) is 6.45. The second-order valence-electron chi connectivity index (χ2n) is 8.40. The minimum absolute atomic E-state index is 0.0741. The third kappa shape index (κ3) is 2.65. The number of aromatic nitrogens is 2. The van der Waals surface area contributed by atoms with Gasteiger partial charge in [-0.05, 0) is 56.4 Å². The standard InChI is InChI=1S/C23H25N3O2/c1-15-24-19-9-7-17(11-20(19)25-15)22(28)26-18-8-10-21(26)23(13-18,14-27)12-16-5-3-2-4-6-16/h2-7,9,11,18,21,27H,8,10,12-14H2,1H3,(H,24,25)/t18-,21+,23-/m0/s1. The quantitative estimate of drug-likeness (QED) is 0.734. The van der Waals surface area contributed by atoms with Crippen LogP contribution < -0.4 is 0 Å².